The lowest BCUT2D eigenvalue weighted by molar-refractivity contribution is -0.0600. The molecule has 1 fully saturated rings. The average Bonchev–Trinajstić information content (AvgIpc) is 3.18. The summed E-state index contributed by atoms with van der Waals surface area (Å²) in [5.41, 5.74) is 2.79. The second kappa shape index (κ2) is 8.76. The predicted molar refractivity (Wildman–Crippen MR) is 108 cm³/mol. The summed E-state index contributed by atoms with van der Waals surface area (Å²) >= 11 is 0. The highest BCUT2D eigenvalue weighted by atomic mass is 19.1. The van der Waals surface area contributed by atoms with Crippen molar-refractivity contribution in [2.24, 2.45) is 0 Å². The maximum absolute atomic E-state index is 14.2. The molecule has 0 amide bonds. The van der Waals surface area contributed by atoms with Crippen molar-refractivity contribution < 1.29 is 18.6 Å². The molecule has 0 saturated carbocycles. The maximum Gasteiger partial charge on any atom is 0.127 e. The zero-order valence-electron chi connectivity index (χ0n) is 16.7. The van der Waals surface area contributed by atoms with Crippen molar-refractivity contribution in [2.75, 3.05) is 13.7 Å². The van der Waals surface area contributed by atoms with E-state index >= 15 is 0 Å². The summed E-state index contributed by atoms with van der Waals surface area (Å²) in [5, 5.41) is 0. The summed E-state index contributed by atoms with van der Waals surface area (Å²) in [5.74, 6) is 1.08. The minimum absolute atomic E-state index is 0.135. The Bertz CT molecular complexity index is 972. The third kappa shape index (κ3) is 4.66. The topological polar surface area (TPSA) is 45.5 Å². The Morgan fingerprint density at radius 1 is 1.24 bits per heavy atom. The van der Waals surface area contributed by atoms with Crippen LogP contribution in [0, 0.1) is 12.7 Å². The summed E-state index contributed by atoms with van der Waals surface area (Å²) in [6.07, 6.45) is 5.22. The van der Waals surface area contributed by atoms with E-state index in [0.717, 1.165) is 29.1 Å². The van der Waals surface area contributed by atoms with Crippen LogP contribution in [0.4, 0.5) is 4.39 Å². The molecule has 6 heteroatoms. The molecule has 2 atom stereocenters. The fraction of sp³-hybridized carbons (Fsp3) is 0.348. The molecular weight excluding hydrogens is 371 g/mol. The molecule has 1 aliphatic heterocycles. The van der Waals surface area contributed by atoms with Crippen molar-refractivity contribution in [1.29, 1.82) is 0 Å². The van der Waals surface area contributed by atoms with Gasteiger partial charge >= 0.3 is 0 Å². The minimum atomic E-state index is -0.330. The van der Waals surface area contributed by atoms with Gasteiger partial charge in [0, 0.05) is 44.3 Å². The van der Waals surface area contributed by atoms with E-state index in [1.807, 2.05) is 48.0 Å². The van der Waals surface area contributed by atoms with Gasteiger partial charge in [-0.3, -0.25) is 0 Å². The first-order valence-corrected chi connectivity index (χ1v) is 9.79. The van der Waals surface area contributed by atoms with E-state index in [2.05, 4.69) is 4.98 Å². The van der Waals surface area contributed by atoms with Crippen LogP contribution in [-0.4, -0.2) is 29.4 Å². The lowest BCUT2D eigenvalue weighted by Crippen LogP contribution is -2.25. The number of imidazole rings is 1. The number of methoxy groups -OCH3 is 1. The molecule has 4 rings (SSSR count). The largest absolute Gasteiger partial charge is 0.489 e. The second-order valence-electron chi connectivity index (χ2n) is 7.26. The van der Waals surface area contributed by atoms with Crippen molar-refractivity contribution >= 4 is 0 Å². The van der Waals surface area contributed by atoms with Crippen LogP contribution in [0.5, 0.6) is 5.75 Å². The van der Waals surface area contributed by atoms with Crippen molar-refractivity contribution in [3.8, 4) is 11.4 Å². The molecular formula is C23H25FN2O3. The van der Waals surface area contributed by atoms with Crippen molar-refractivity contribution in [1.82, 2.24) is 9.55 Å². The SMILES string of the molecule is COC1CCOC(c2cc(F)cc(OCc3cccc(-n4ccnc4C)c3)c2)C1. The molecule has 0 aliphatic carbocycles. The van der Waals surface area contributed by atoms with Crippen LogP contribution >= 0.6 is 0 Å². The smallest absolute Gasteiger partial charge is 0.127 e. The maximum atomic E-state index is 14.2. The zero-order chi connectivity index (χ0) is 20.2. The number of hydrogen-bond acceptors (Lipinski definition) is 4. The third-order valence-corrected chi connectivity index (χ3v) is 5.25. The molecule has 152 valence electrons. The molecule has 3 aromatic rings. The van der Waals surface area contributed by atoms with Crippen molar-refractivity contribution in [3.05, 3.63) is 77.6 Å². The Morgan fingerprint density at radius 3 is 2.93 bits per heavy atom. The van der Waals surface area contributed by atoms with Crippen LogP contribution in [0.3, 0.4) is 0 Å². The van der Waals surface area contributed by atoms with E-state index in [1.165, 1.54) is 12.1 Å². The van der Waals surface area contributed by atoms with Gasteiger partial charge in [-0.2, -0.15) is 0 Å². The number of benzene rings is 2. The van der Waals surface area contributed by atoms with E-state index in [1.54, 1.807) is 13.3 Å². The Morgan fingerprint density at radius 2 is 2.14 bits per heavy atom. The van der Waals surface area contributed by atoms with Crippen LogP contribution in [0.1, 0.15) is 35.9 Å². The first-order chi connectivity index (χ1) is 14.1. The second-order valence-corrected chi connectivity index (χ2v) is 7.26. The molecule has 1 aliphatic rings. The molecule has 1 aromatic heterocycles. The summed E-state index contributed by atoms with van der Waals surface area (Å²) in [6, 6.07) is 12.8. The van der Waals surface area contributed by atoms with Gasteiger partial charge < -0.3 is 18.8 Å². The fourth-order valence-electron chi connectivity index (χ4n) is 3.68. The Hall–Kier alpha value is -2.70. The van der Waals surface area contributed by atoms with Gasteiger partial charge in [0.1, 0.15) is 24.0 Å². The van der Waals surface area contributed by atoms with Gasteiger partial charge in [0.25, 0.3) is 0 Å². The first kappa shape index (κ1) is 19.6. The molecule has 0 N–H and O–H groups in total. The molecule has 29 heavy (non-hydrogen) atoms. The monoisotopic (exact) mass is 396 g/mol. The summed E-state index contributed by atoms with van der Waals surface area (Å²) < 4.78 is 33.4. The number of nitrogens with zero attached hydrogens (tertiary/aromatic N) is 2. The standard InChI is InChI=1S/C23H25FN2O3/c1-16-25-7-8-26(16)20-5-3-4-17(10-20)15-29-22-12-18(11-19(24)13-22)23-14-21(27-2)6-9-28-23/h3-5,7-8,10-13,21,23H,6,9,14-15H2,1-2H3. The lowest BCUT2D eigenvalue weighted by Gasteiger charge is -2.29. The quantitative estimate of drug-likeness (QED) is 0.602. The van der Waals surface area contributed by atoms with Crippen LogP contribution in [-0.2, 0) is 16.1 Å². The zero-order valence-corrected chi connectivity index (χ0v) is 16.7. The molecule has 2 unspecified atom stereocenters. The number of aromatic nitrogens is 2. The molecule has 2 heterocycles. The number of hydrogen-bond donors (Lipinski definition) is 0. The molecule has 0 radical (unpaired) electrons. The Labute approximate surface area is 170 Å². The minimum Gasteiger partial charge on any atom is -0.489 e. The van der Waals surface area contributed by atoms with Gasteiger partial charge in [0.2, 0.25) is 0 Å². The molecule has 2 aromatic carbocycles. The van der Waals surface area contributed by atoms with Gasteiger partial charge in [0.05, 0.1) is 12.2 Å². The highest BCUT2D eigenvalue weighted by Gasteiger charge is 2.24. The summed E-state index contributed by atoms with van der Waals surface area (Å²) in [4.78, 5) is 4.26. The third-order valence-electron chi connectivity index (χ3n) is 5.25. The predicted octanol–water partition coefficient (Wildman–Crippen LogP) is 4.77. The normalized spacial score (nSPS) is 19.3. The van der Waals surface area contributed by atoms with Gasteiger partial charge in [-0.1, -0.05) is 12.1 Å². The van der Waals surface area contributed by atoms with Gasteiger partial charge in [-0.15, -0.1) is 0 Å². The Kier molecular flexibility index (Phi) is 5.92. The Balaban J connectivity index is 1.48. The number of ether oxygens (including phenoxy) is 3. The molecule has 1 saturated heterocycles. The summed E-state index contributed by atoms with van der Waals surface area (Å²) in [7, 11) is 1.70. The van der Waals surface area contributed by atoms with E-state index in [9.17, 15) is 4.39 Å². The highest BCUT2D eigenvalue weighted by Crippen LogP contribution is 2.32. The van der Waals surface area contributed by atoms with Gasteiger partial charge in [0.15, 0.2) is 0 Å². The number of rotatable bonds is 6. The number of aryl methyl sites for hydroxylation is 1. The highest BCUT2D eigenvalue weighted by molar-refractivity contribution is 5.37. The van der Waals surface area contributed by atoms with Crippen LogP contribution < -0.4 is 4.74 Å². The first-order valence-electron chi connectivity index (χ1n) is 9.79. The van der Waals surface area contributed by atoms with E-state index in [4.69, 9.17) is 14.2 Å². The van der Waals surface area contributed by atoms with Crippen LogP contribution in [0.2, 0.25) is 0 Å². The molecule has 5 nitrogen and oxygen atoms in total. The fourth-order valence-corrected chi connectivity index (χ4v) is 3.68. The van der Waals surface area contributed by atoms with Crippen LogP contribution in [0.15, 0.2) is 54.9 Å². The van der Waals surface area contributed by atoms with Gasteiger partial charge in [-0.25, -0.2) is 9.37 Å². The van der Waals surface area contributed by atoms with E-state index < -0.39 is 0 Å². The average molecular weight is 396 g/mol. The van der Waals surface area contributed by atoms with Crippen molar-refractivity contribution in [3.63, 3.8) is 0 Å². The van der Waals surface area contributed by atoms with E-state index in [0.29, 0.717) is 25.4 Å². The van der Waals surface area contributed by atoms with Crippen molar-refractivity contribution in [2.45, 2.75) is 38.6 Å². The van der Waals surface area contributed by atoms with E-state index in [-0.39, 0.29) is 18.0 Å². The lowest BCUT2D eigenvalue weighted by atomic mass is 9.99. The summed E-state index contributed by atoms with van der Waals surface area (Å²) in [6.45, 7) is 2.91. The number of halogens is 1. The molecule has 0 bridgehead atoms. The van der Waals surface area contributed by atoms with Gasteiger partial charge in [-0.05, 0) is 48.7 Å². The van der Waals surface area contributed by atoms with Crippen LogP contribution in [0.25, 0.3) is 5.69 Å². The molecule has 0 spiro atoms.